The Bertz CT molecular complexity index is 354. The van der Waals surface area contributed by atoms with E-state index < -0.39 is 0 Å². The minimum absolute atomic E-state index is 0.119. The number of hydrogen-bond acceptors (Lipinski definition) is 2. The van der Waals surface area contributed by atoms with Gasteiger partial charge in [-0.05, 0) is 32.0 Å². The van der Waals surface area contributed by atoms with Crippen LogP contribution in [-0.4, -0.2) is 17.7 Å². The summed E-state index contributed by atoms with van der Waals surface area (Å²) in [7, 11) is 0. The molecule has 15 heavy (non-hydrogen) atoms. The Morgan fingerprint density at radius 1 is 1.60 bits per heavy atom. The second-order valence-electron chi connectivity index (χ2n) is 3.24. The lowest BCUT2D eigenvalue weighted by atomic mass is 10.2. The molecule has 1 unspecified atom stereocenters. The number of thiol groups is 1. The molecule has 0 N–H and O–H groups in total. The molecule has 82 valence electrons. The van der Waals surface area contributed by atoms with Crippen molar-refractivity contribution >= 4 is 24.2 Å². The van der Waals surface area contributed by atoms with Crippen LogP contribution in [0.3, 0.4) is 0 Å². The molecule has 0 aliphatic rings. The Hall–Kier alpha value is -1.03. The fourth-order valence-electron chi connectivity index (χ4n) is 1.34. The van der Waals surface area contributed by atoms with Gasteiger partial charge in [0.1, 0.15) is 5.82 Å². The maximum absolute atomic E-state index is 13.0. The van der Waals surface area contributed by atoms with Gasteiger partial charge in [0.2, 0.25) is 5.91 Å². The quantitative estimate of drug-likeness (QED) is 0.787. The third-order valence-electron chi connectivity index (χ3n) is 2.06. The van der Waals surface area contributed by atoms with Crippen LogP contribution in [0.15, 0.2) is 24.3 Å². The second kappa shape index (κ2) is 5.16. The molecule has 0 saturated heterocycles. The van der Waals surface area contributed by atoms with Gasteiger partial charge in [-0.3, -0.25) is 4.79 Å². The maximum Gasteiger partial charge on any atom is 0.239 e. The van der Waals surface area contributed by atoms with Gasteiger partial charge in [0.05, 0.1) is 5.25 Å². The molecule has 0 radical (unpaired) electrons. The molecule has 1 rings (SSSR count). The Kier molecular flexibility index (Phi) is 4.15. The Labute approximate surface area is 94.5 Å². The summed E-state index contributed by atoms with van der Waals surface area (Å²) in [6, 6.07) is 5.99. The van der Waals surface area contributed by atoms with E-state index in [-0.39, 0.29) is 17.0 Å². The van der Waals surface area contributed by atoms with E-state index in [1.807, 2.05) is 6.92 Å². The van der Waals surface area contributed by atoms with Crippen molar-refractivity contribution in [2.45, 2.75) is 19.1 Å². The van der Waals surface area contributed by atoms with Crippen LogP contribution in [0.1, 0.15) is 13.8 Å². The summed E-state index contributed by atoms with van der Waals surface area (Å²) in [5, 5.41) is -0.381. The molecule has 0 bridgehead atoms. The van der Waals surface area contributed by atoms with Crippen molar-refractivity contribution in [2.75, 3.05) is 11.4 Å². The van der Waals surface area contributed by atoms with Crippen LogP contribution in [0.2, 0.25) is 0 Å². The molecule has 2 nitrogen and oxygen atoms in total. The normalized spacial score (nSPS) is 12.3. The molecule has 0 aromatic heterocycles. The zero-order valence-corrected chi connectivity index (χ0v) is 9.67. The Morgan fingerprint density at radius 3 is 2.73 bits per heavy atom. The number of nitrogens with zero attached hydrogens (tertiary/aromatic N) is 1. The van der Waals surface area contributed by atoms with E-state index in [4.69, 9.17) is 0 Å². The first-order valence-electron chi connectivity index (χ1n) is 4.81. The van der Waals surface area contributed by atoms with Crippen molar-refractivity contribution < 1.29 is 9.18 Å². The molecule has 0 heterocycles. The van der Waals surface area contributed by atoms with E-state index in [1.54, 1.807) is 19.1 Å². The van der Waals surface area contributed by atoms with Gasteiger partial charge < -0.3 is 4.90 Å². The first-order valence-corrected chi connectivity index (χ1v) is 5.33. The van der Waals surface area contributed by atoms with Crippen molar-refractivity contribution in [1.82, 2.24) is 0 Å². The first-order chi connectivity index (χ1) is 7.06. The molecule has 0 aliphatic carbocycles. The number of rotatable bonds is 3. The van der Waals surface area contributed by atoms with Gasteiger partial charge in [-0.25, -0.2) is 4.39 Å². The summed E-state index contributed by atoms with van der Waals surface area (Å²) < 4.78 is 13.0. The number of carbonyl (C=O) groups is 1. The minimum atomic E-state index is -0.381. The van der Waals surface area contributed by atoms with E-state index in [0.717, 1.165) is 0 Å². The Balaban J connectivity index is 2.97. The van der Waals surface area contributed by atoms with Crippen LogP contribution in [0.5, 0.6) is 0 Å². The van der Waals surface area contributed by atoms with E-state index in [0.29, 0.717) is 12.2 Å². The van der Waals surface area contributed by atoms with Gasteiger partial charge in [-0.15, -0.1) is 0 Å². The summed E-state index contributed by atoms with van der Waals surface area (Å²) in [6.07, 6.45) is 0. The highest BCUT2D eigenvalue weighted by Gasteiger charge is 2.17. The predicted molar refractivity (Wildman–Crippen MR) is 62.9 cm³/mol. The van der Waals surface area contributed by atoms with E-state index in [2.05, 4.69) is 12.6 Å². The number of anilines is 1. The lowest BCUT2D eigenvalue weighted by Crippen LogP contribution is -2.35. The smallest absolute Gasteiger partial charge is 0.239 e. The van der Waals surface area contributed by atoms with Crippen LogP contribution < -0.4 is 4.90 Å². The van der Waals surface area contributed by atoms with Crippen molar-refractivity contribution in [2.24, 2.45) is 0 Å². The molecule has 0 fully saturated rings. The Morgan fingerprint density at radius 2 is 2.27 bits per heavy atom. The van der Waals surface area contributed by atoms with Crippen LogP contribution in [0, 0.1) is 5.82 Å². The van der Waals surface area contributed by atoms with Crippen molar-refractivity contribution in [3.05, 3.63) is 30.1 Å². The fourth-order valence-corrected chi connectivity index (χ4v) is 1.47. The van der Waals surface area contributed by atoms with Crippen molar-refractivity contribution in [3.8, 4) is 0 Å². The standard InChI is InChI=1S/C11H14FNOS/c1-3-13(11(14)8(2)15)10-6-4-5-9(12)7-10/h4-8,15H,3H2,1-2H3. The predicted octanol–water partition coefficient (Wildman–Crippen LogP) is 2.50. The number of carbonyl (C=O) groups excluding carboxylic acids is 1. The molecule has 0 aliphatic heterocycles. The highest BCUT2D eigenvalue weighted by atomic mass is 32.1. The van der Waals surface area contributed by atoms with Crippen molar-refractivity contribution in [3.63, 3.8) is 0 Å². The molecule has 0 spiro atoms. The maximum atomic E-state index is 13.0. The zero-order valence-electron chi connectivity index (χ0n) is 8.77. The molecule has 1 amide bonds. The largest absolute Gasteiger partial charge is 0.312 e. The van der Waals surface area contributed by atoms with Crippen LogP contribution in [0.25, 0.3) is 0 Å². The minimum Gasteiger partial charge on any atom is -0.312 e. The lowest BCUT2D eigenvalue weighted by Gasteiger charge is -2.22. The average Bonchev–Trinajstić information content (AvgIpc) is 2.18. The fraction of sp³-hybridized carbons (Fsp3) is 0.364. The molecular weight excluding hydrogens is 213 g/mol. The van der Waals surface area contributed by atoms with Crippen LogP contribution >= 0.6 is 12.6 Å². The monoisotopic (exact) mass is 227 g/mol. The van der Waals surface area contributed by atoms with Crippen molar-refractivity contribution in [1.29, 1.82) is 0 Å². The topological polar surface area (TPSA) is 20.3 Å². The van der Waals surface area contributed by atoms with E-state index in [1.165, 1.54) is 17.0 Å². The summed E-state index contributed by atoms with van der Waals surface area (Å²) in [6.45, 7) is 4.06. The SMILES string of the molecule is CCN(C(=O)C(C)S)c1cccc(F)c1. The molecule has 1 atom stereocenters. The number of hydrogen-bond donors (Lipinski definition) is 1. The lowest BCUT2D eigenvalue weighted by molar-refractivity contribution is -0.117. The second-order valence-corrected chi connectivity index (χ2v) is 4.01. The average molecular weight is 227 g/mol. The number of amides is 1. The van der Waals surface area contributed by atoms with Crippen LogP contribution in [-0.2, 0) is 4.79 Å². The van der Waals surface area contributed by atoms with Gasteiger partial charge in [-0.2, -0.15) is 12.6 Å². The van der Waals surface area contributed by atoms with Gasteiger partial charge >= 0.3 is 0 Å². The van der Waals surface area contributed by atoms with Gasteiger partial charge in [0, 0.05) is 12.2 Å². The third-order valence-corrected chi connectivity index (χ3v) is 2.28. The highest BCUT2D eigenvalue weighted by molar-refractivity contribution is 7.81. The number of halogens is 1. The van der Waals surface area contributed by atoms with Gasteiger partial charge in [0.25, 0.3) is 0 Å². The molecule has 4 heteroatoms. The van der Waals surface area contributed by atoms with Crippen LogP contribution in [0.4, 0.5) is 10.1 Å². The van der Waals surface area contributed by atoms with Gasteiger partial charge in [0.15, 0.2) is 0 Å². The number of benzene rings is 1. The molecule has 1 aromatic carbocycles. The molecule has 1 aromatic rings. The first kappa shape index (κ1) is 12.0. The summed E-state index contributed by atoms with van der Waals surface area (Å²) in [4.78, 5) is 13.2. The van der Waals surface area contributed by atoms with E-state index >= 15 is 0 Å². The van der Waals surface area contributed by atoms with E-state index in [9.17, 15) is 9.18 Å². The summed E-state index contributed by atoms with van der Waals surface area (Å²) in [5.41, 5.74) is 0.573. The zero-order chi connectivity index (χ0) is 11.4. The van der Waals surface area contributed by atoms with Gasteiger partial charge in [-0.1, -0.05) is 6.07 Å². The molecular formula is C11H14FNOS. The summed E-state index contributed by atoms with van der Waals surface area (Å²) >= 11 is 4.08. The summed E-state index contributed by atoms with van der Waals surface area (Å²) in [5.74, 6) is -0.461. The third kappa shape index (κ3) is 2.96. The highest BCUT2D eigenvalue weighted by Crippen LogP contribution is 2.17. The molecule has 0 saturated carbocycles.